The molecule has 2 fully saturated rings. The maximum absolute atomic E-state index is 13.3. The molecule has 0 spiro atoms. The van der Waals surface area contributed by atoms with Crippen LogP contribution in [0.5, 0.6) is 0 Å². The first kappa shape index (κ1) is 20.9. The Balaban J connectivity index is 1.42. The number of carbonyl (C=O) groups is 2. The third-order valence-corrected chi connectivity index (χ3v) is 6.71. The number of rotatable bonds is 5. The second kappa shape index (κ2) is 9.20. The van der Waals surface area contributed by atoms with Crippen LogP contribution in [-0.4, -0.2) is 64.0 Å². The zero-order valence-electron chi connectivity index (χ0n) is 17.6. The number of nitrogens with zero attached hydrogens (tertiary/aromatic N) is 4. The average molecular weight is 429 g/mol. The largest absolute Gasteiger partial charge is 0.461 e. The van der Waals surface area contributed by atoms with E-state index in [-0.39, 0.29) is 11.8 Å². The Kier molecular flexibility index (Phi) is 6.41. The number of aryl methyl sites for hydroxylation is 1. The molecule has 7 nitrogen and oxygen atoms in total. The van der Waals surface area contributed by atoms with E-state index in [0.29, 0.717) is 53.3 Å². The van der Waals surface area contributed by atoms with Gasteiger partial charge in [0, 0.05) is 32.6 Å². The standard InChI is InChI=1S/C22H28N4O3S/c1-15-19(21(30-2)24-20(23-15)17-6-5-13-29-17)22(28)26-11-7-16(8-12-26)14-18(27)25-9-3-4-10-25/h5-6,13,16H,3-4,7-12,14H2,1-2H3. The van der Waals surface area contributed by atoms with Gasteiger partial charge < -0.3 is 14.2 Å². The molecule has 0 aromatic carbocycles. The summed E-state index contributed by atoms with van der Waals surface area (Å²) in [6.45, 7) is 5.00. The van der Waals surface area contributed by atoms with Gasteiger partial charge in [-0.25, -0.2) is 9.97 Å². The number of hydrogen-bond donors (Lipinski definition) is 0. The molecule has 0 atom stereocenters. The Morgan fingerprint density at radius 3 is 2.50 bits per heavy atom. The number of aromatic nitrogens is 2. The van der Waals surface area contributed by atoms with Crippen LogP contribution < -0.4 is 0 Å². The number of hydrogen-bond acceptors (Lipinski definition) is 6. The molecule has 2 aliphatic rings. The Labute approximate surface area is 181 Å². The Hall–Kier alpha value is -2.35. The lowest BCUT2D eigenvalue weighted by Crippen LogP contribution is -2.40. The summed E-state index contributed by atoms with van der Waals surface area (Å²) < 4.78 is 5.41. The summed E-state index contributed by atoms with van der Waals surface area (Å²) in [7, 11) is 0. The third kappa shape index (κ3) is 4.38. The summed E-state index contributed by atoms with van der Waals surface area (Å²) in [5.74, 6) is 1.71. The zero-order chi connectivity index (χ0) is 21.1. The number of furan rings is 1. The molecule has 2 amide bonds. The molecule has 2 aromatic heterocycles. The van der Waals surface area contributed by atoms with E-state index < -0.39 is 0 Å². The van der Waals surface area contributed by atoms with Gasteiger partial charge >= 0.3 is 0 Å². The molecule has 0 N–H and O–H groups in total. The fraction of sp³-hybridized carbons (Fsp3) is 0.545. The van der Waals surface area contributed by atoms with E-state index in [1.165, 1.54) is 11.8 Å². The maximum atomic E-state index is 13.3. The first-order valence-electron chi connectivity index (χ1n) is 10.6. The lowest BCUT2D eigenvalue weighted by molar-refractivity contribution is -0.131. The highest BCUT2D eigenvalue weighted by atomic mass is 32.2. The van der Waals surface area contributed by atoms with Crippen LogP contribution in [0.25, 0.3) is 11.6 Å². The van der Waals surface area contributed by atoms with Gasteiger partial charge in [-0.2, -0.15) is 0 Å². The van der Waals surface area contributed by atoms with E-state index in [1.54, 1.807) is 12.3 Å². The van der Waals surface area contributed by atoms with Gasteiger partial charge in [-0.15, -0.1) is 11.8 Å². The summed E-state index contributed by atoms with van der Waals surface area (Å²) in [6.07, 6.45) is 8.09. The van der Waals surface area contributed by atoms with Crippen molar-refractivity contribution < 1.29 is 14.0 Å². The third-order valence-electron chi connectivity index (χ3n) is 6.03. The first-order valence-corrected chi connectivity index (χ1v) is 11.8. The minimum absolute atomic E-state index is 0.0211. The summed E-state index contributed by atoms with van der Waals surface area (Å²) in [5.41, 5.74) is 1.24. The second-order valence-electron chi connectivity index (χ2n) is 8.02. The van der Waals surface area contributed by atoms with Gasteiger partial charge in [0.1, 0.15) is 5.03 Å². The lowest BCUT2D eigenvalue weighted by atomic mass is 9.92. The van der Waals surface area contributed by atoms with Crippen molar-refractivity contribution in [2.45, 2.75) is 44.1 Å². The molecule has 4 rings (SSSR count). The molecule has 2 saturated heterocycles. The smallest absolute Gasteiger partial charge is 0.258 e. The fourth-order valence-corrected chi connectivity index (χ4v) is 4.91. The molecule has 4 heterocycles. The van der Waals surface area contributed by atoms with Crippen LogP contribution in [0.1, 0.15) is 48.2 Å². The molecule has 30 heavy (non-hydrogen) atoms. The number of piperidine rings is 1. The Bertz CT molecular complexity index is 901. The molecule has 160 valence electrons. The van der Waals surface area contributed by atoms with Crippen molar-refractivity contribution >= 4 is 23.6 Å². The van der Waals surface area contributed by atoms with E-state index in [2.05, 4.69) is 9.97 Å². The summed E-state index contributed by atoms with van der Waals surface area (Å²) >= 11 is 1.45. The highest BCUT2D eigenvalue weighted by Crippen LogP contribution is 2.29. The summed E-state index contributed by atoms with van der Waals surface area (Å²) in [6, 6.07) is 3.61. The van der Waals surface area contributed by atoms with Crippen LogP contribution in [0.4, 0.5) is 0 Å². The van der Waals surface area contributed by atoms with Crippen molar-refractivity contribution in [3.05, 3.63) is 29.7 Å². The van der Waals surface area contributed by atoms with Gasteiger partial charge in [0.05, 0.1) is 17.5 Å². The topological polar surface area (TPSA) is 79.5 Å². The molecule has 0 radical (unpaired) electrons. The molecular formula is C22H28N4O3S. The van der Waals surface area contributed by atoms with E-state index in [9.17, 15) is 9.59 Å². The summed E-state index contributed by atoms with van der Waals surface area (Å²) in [5, 5.41) is 0.672. The number of likely N-dealkylation sites (tertiary alicyclic amines) is 2. The van der Waals surface area contributed by atoms with Crippen molar-refractivity contribution in [2.24, 2.45) is 5.92 Å². The summed E-state index contributed by atoms with van der Waals surface area (Å²) in [4.78, 5) is 38.7. The van der Waals surface area contributed by atoms with Gasteiger partial charge in [0.25, 0.3) is 5.91 Å². The second-order valence-corrected chi connectivity index (χ2v) is 8.82. The maximum Gasteiger partial charge on any atom is 0.258 e. The highest BCUT2D eigenvalue weighted by Gasteiger charge is 2.30. The molecule has 8 heteroatoms. The fourth-order valence-electron chi connectivity index (χ4n) is 4.30. The van der Waals surface area contributed by atoms with Crippen LogP contribution in [0.2, 0.25) is 0 Å². The number of amides is 2. The monoisotopic (exact) mass is 428 g/mol. The van der Waals surface area contributed by atoms with E-state index in [1.807, 2.05) is 29.0 Å². The van der Waals surface area contributed by atoms with Crippen molar-refractivity contribution in [3.8, 4) is 11.6 Å². The van der Waals surface area contributed by atoms with Gasteiger partial charge in [-0.1, -0.05) is 0 Å². The van der Waals surface area contributed by atoms with Gasteiger partial charge in [-0.05, 0) is 56.9 Å². The average Bonchev–Trinajstić information content (AvgIpc) is 3.47. The van der Waals surface area contributed by atoms with E-state index >= 15 is 0 Å². The van der Waals surface area contributed by atoms with E-state index in [0.717, 1.165) is 38.8 Å². The number of thioether (sulfide) groups is 1. The lowest BCUT2D eigenvalue weighted by Gasteiger charge is -2.33. The molecule has 0 unspecified atom stereocenters. The minimum Gasteiger partial charge on any atom is -0.461 e. The van der Waals surface area contributed by atoms with Gasteiger partial charge in [0.15, 0.2) is 11.6 Å². The zero-order valence-corrected chi connectivity index (χ0v) is 18.4. The van der Waals surface area contributed by atoms with Crippen LogP contribution in [0.15, 0.2) is 27.8 Å². The molecule has 0 saturated carbocycles. The van der Waals surface area contributed by atoms with Crippen LogP contribution in [0, 0.1) is 12.8 Å². The van der Waals surface area contributed by atoms with Gasteiger partial charge in [0.2, 0.25) is 5.91 Å². The Morgan fingerprint density at radius 2 is 1.87 bits per heavy atom. The van der Waals surface area contributed by atoms with Crippen LogP contribution in [-0.2, 0) is 4.79 Å². The van der Waals surface area contributed by atoms with Crippen LogP contribution in [0.3, 0.4) is 0 Å². The molecular weight excluding hydrogens is 400 g/mol. The van der Waals surface area contributed by atoms with Crippen molar-refractivity contribution in [1.29, 1.82) is 0 Å². The minimum atomic E-state index is -0.0211. The quantitative estimate of drug-likeness (QED) is 0.534. The molecule has 2 aliphatic heterocycles. The normalized spacial score (nSPS) is 17.5. The van der Waals surface area contributed by atoms with Crippen LogP contribution >= 0.6 is 11.8 Å². The first-order chi connectivity index (χ1) is 14.6. The van der Waals surface area contributed by atoms with Gasteiger partial charge in [-0.3, -0.25) is 9.59 Å². The molecule has 2 aromatic rings. The van der Waals surface area contributed by atoms with Crippen molar-refractivity contribution in [2.75, 3.05) is 32.4 Å². The van der Waals surface area contributed by atoms with Crippen molar-refractivity contribution in [3.63, 3.8) is 0 Å². The van der Waals surface area contributed by atoms with Crippen molar-refractivity contribution in [1.82, 2.24) is 19.8 Å². The van der Waals surface area contributed by atoms with E-state index in [4.69, 9.17) is 4.42 Å². The predicted molar refractivity (Wildman–Crippen MR) is 115 cm³/mol. The molecule has 0 bridgehead atoms. The Morgan fingerprint density at radius 1 is 1.13 bits per heavy atom. The highest BCUT2D eigenvalue weighted by molar-refractivity contribution is 7.98. The molecule has 0 aliphatic carbocycles. The predicted octanol–water partition coefficient (Wildman–Crippen LogP) is 3.63. The SMILES string of the molecule is CSc1nc(-c2ccco2)nc(C)c1C(=O)N1CCC(CC(=O)N2CCCC2)CC1. The number of carbonyl (C=O) groups excluding carboxylic acids is 2.